The van der Waals surface area contributed by atoms with E-state index >= 15 is 0 Å². The minimum absolute atomic E-state index is 0.122. The van der Waals surface area contributed by atoms with Crippen LogP contribution in [-0.4, -0.2) is 29.7 Å². The number of hydrogen-bond donors (Lipinski definition) is 0. The van der Waals surface area contributed by atoms with Crippen molar-refractivity contribution in [2.45, 2.75) is 45.1 Å². The van der Waals surface area contributed by atoms with Gasteiger partial charge in [0.2, 0.25) is 0 Å². The Labute approximate surface area is 124 Å². The lowest BCUT2D eigenvalue weighted by atomic mass is 9.95. The topological polar surface area (TPSA) is 61.3 Å². The van der Waals surface area contributed by atoms with Gasteiger partial charge < -0.3 is 9.47 Å². The molecule has 0 fully saturated rings. The molecule has 0 N–H and O–H groups in total. The molecule has 1 aromatic rings. The maximum atomic E-state index is 11.8. The summed E-state index contributed by atoms with van der Waals surface area (Å²) >= 11 is 5.89. The molecule has 0 unspecified atom stereocenters. The molecule has 0 aromatic carbocycles. The first-order valence-corrected chi connectivity index (χ1v) is 7.26. The van der Waals surface area contributed by atoms with Gasteiger partial charge in [0.05, 0.1) is 18.2 Å². The zero-order valence-electron chi connectivity index (χ0n) is 12.4. The second-order valence-corrected chi connectivity index (χ2v) is 4.58. The molecule has 0 amide bonds. The number of aromatic nitrogens is 2. The third-order valence-corrected chi connectivity index (χ3v) is 3.68. The average molecular weight is 301 g/mol. The maximum absolute atomic E-state index is 11.8. The Morgan fingerprint density at radius 1 is 1.35 bits per heavy atom. The fourth-order valence-electron chi connectivity index (χ4n) is 2.06. The molecule has 5 nitrogen and oxygen atoms in total. The van der Waals surface area contributed by atoms with Crippen LogP contribution in [0.15, 0.2) is 6.20 Å². The number of ether oxygens (including phenoxy) is 2. The van der Waals surface area contributed by atoms with Gasteiger partial charge in [0.25, 0.3) is 0 Å². The molecule has 1 aromatic heterocycles. The highest BCUT2D eigenvalue weighted by molar-refractivity contribution is 6.17. The van der Waals surface area contributed by atoms with Crippen molar-refractivity contribution in [2.24, 2.45) is 0 Å². The number of alkyl halides is 1. The van der Waals surface area contributed by atoms with Gasteiger partial charge >= 0.3 is 5.97 Å². The number of nitrogens with zero attached hydrogens (tertiary/aromatic N) is 2. The van der Waals surface area contributed by atoms with Crippen LogP contribution in [0.1, 0.15) is 55.5 Å². The molecule has 112 valence electrons. The monoisotopic (exact) mass is 300 g/mol. The van der Waals surface area contributed by atoms with Crippen LogP contribution >= 0.6 is 11.6 Å². The SMILES string of the molecule is CCOC(=O)c1cnc(C(CC)(CC)OC)nc1CCl. The summed E-state index contributed by atoms with van der Waals surface area (Å²) in [4.78, 5) is 20.5. The van der Waals surface area contributed by atoms with Crippen LogP contribution in [0.2, 0.25) is 0 Å². The van der Waals surface area contributed by atoms with E-state index in [9.17, 15) is 4.79 Å². The lowest BCUT2D eigenvalue weighted by molar-refractivity contribution is -0.0293. The van der Waals surface area contributed by atoms with Crippen molar-refractivity contribution in [1.82, 2.24) is 9.97 Å². The lowest BCUT2D eigenvalue weighted by Gasteiger charge is -2.28. The molecule has 0 bridgehead atoms. The predicted molar refractivity (Wildman–Crippen MR) is 76.8 cm³/mol. The highest BCUT2D eigenvalue weighted by Gasteiger charge is 2.32. The molecule has 0 aliphatic rings. The van der Waals surface area contributed by atoms with Gasteiger partial charge in [-0.2, -0.15) is 0 Å². The van der Waals surface area contributed by atoms with Gasteiger partial charge in [-0.05, 0) is 19.8 Å². The molecule has 0 radical (unpaired) electrons. The average Bonchev–Trinajstić information content (AvgIpc) is 2.49. The largest absolute Gasteiger partial charge is 0.462 e. The molecular formula is C14H21ClN2O3. The van der Waals surface area contributed by atoms with Crippen molar-refractivity contribution in [3.63, 3.8) is 0 Å². The summed E-state index contributed by atoms with van der Waals surface area (Å²) in [6, 6.07) is 0. The fourth-order valence-corrected chi connectivity index (χ4v) is 2.27. The van der Waals surface area contributed by atoms with Crippen molar-refractivity contribution in [2.75, 3.05) is 13.7 Å². The molecule has 0 spiro atoms. The standard InChI is InChI=1S/C14H21ClN2O3/c1-5-14(6-2,19-4)13-16-9-10(11(8-15)17-13)12(18)20-7-3/h9H,5-8H2,1-4H3. The van der Waals surface area contributed by atoms with Crippen LogP contribution in [0.3, 0.4) is 0 Å². The maximum Gasteiger partial charge on any atom is 0.341 e. The van der Waals surface area contributed by atoms with Crippen molar-refractivity contribution >= 4 is 17.6 Å². The van der Waals surface area contributed by atoms with Gasteiger partial charge in [0.1, 0.15) is 11.2 Å². The van der Waals surface area contributed by atoms with Crippen LogP contribution in [0.5, 0.6) is 0 Å². The van der Waals surface area contributed by atoms with E-state index in [1.54, 1.807) is 14.0 Å². The van der Waals surface area contributed by atoms with Crippen molar-refractivity contribution in [3.8, 4) is 0 Å². The van der Waals surface area contributed by atoms with Gasteiger partial charge in [0, 0.05) is 13.3 Å². The van der Waals surface area contributed by atoms with Crippen LogP contribution in [0.4, 0.5) is 0 Å². The summed E-state index contributed by atoms with van der Waals surface area (Å²) in [5, 5.41) is 0. The molecule has 1 rings (SSSR count). The van der Waals surface area contributed by atoms with Gasteiger partial charge in [0.15, 0.2) is 5.82 Å². The Balaban J connectivity index is 3.24. The van der Waals surface area contributed by atoms with E-state index in [1.807, 2.05) is 13.8 Å². The van der Waals surface area contributed by atoms with E-state index in [0.717, 1.165) is 12.8 Å². The number of hydrogen-bond acceptors (Lipinski definition) is 5. The molecule has 20 heavy (non-hydrogen) atoms. The third kappa shape index (κ3) is 3.27. The summed E-state index contributed by atoms with van der Waals surface area (Å²) in [6.45, 7) is 6.07. The lowest BCUT2D eigenvalue weighted by Crippen LogP contribution is -2.30. The third-order valence-electron chi connectivity index (χ3n) is 3.43. The Hall–Kier alpha value is -1.20. The zero-order valence-corrected chi connectivity index (χ0v) is 13.2. The highest BCUT2D eigenvalue weighted by Crippen LogP contribution is 2.30. The number of carbonyl (C=O) groups excluding carboxylic acids is 1. The molecule has 0 saturated carbocycles. The predicted octanol–water partition coefficient (Wildman–Crippen LogP) is 3.05. The minimum atomic E-state index is -0.548. The quantitative estimate of drug-likeness (QED) is 0.572. The smallest absolute Gasteiger partial charge is 0.341 e. The van der Waals surface area contributed by atoms with E-state index in [4.69, 9.17) is 21.1 Å². The number of rotatable bonds is 7. The number of halogens is 1. The molecule has 0 atom stereocenters. The van der Waals surface area contributed by atoms with Gasteiger partial charge in [-0.25, -0.2) is 14.8 Å². The first-order chi connectivity index (χ1) is 9.58. The summed E-state index contributed by atoms with van der Waals surface area (Å²) < 4.78 is 10.6. The number of esters is 1. The Kier molecular flexibility index (Phi) is 6.36. The Morgan fingerprint density at radius 3 is 2.45 bits per heavy atom. The van der Waals surface area contributed by atoms with E-state index in [1.165, 1.54) is 6.20 Å². The highest BCUT2D eigenvalue weighted by atomic mass is 35.5. The summed E-state index contributed by atoms with van der Waals surface area (Å²) in [5.74, 6) is 0.219. The Morgan fingerprint density at radius 2 is 2.00 bits per heavy atom. The fraction of sp³-hybridized carbons (Fsp3) is 0.643. The van der Waals surface area contributed by atoms with E-state index in [0.29, 0.717) is 23.7 Å². The Bertz CT molecular complexity index is 453. The number of methoxy groups -OCH3 is 1. The summed E-state index contributed by atoms with van der Waals surface area (Å²) in [6.07, 6.45) is 2.94. The van der Waals surface area contributed by atoms with Crippen LogP contribution in [-0.2, 0) is 21.0 Å². The van der Waals surface area contributed by atoms with Crippen molar-refractivity contribution in [1.29, 1.82) is 0 Å². The second kappa shape index (κ2) is 7.55. The van der Waals surface area contributed by atoms with Gasteiger partial charge in [-0.15, -0.1) is 11.6 Å². The van der Waals surface area contributed by atoms with Crippen LogP contribution < -0.4 is 0 Å². The molecular weight excluding hydrogens is 280 g/mol. The summed E-state index contributed by atoms with van der Waals surface area (Å²) in [7, 11) is 1.63. The van der Waals surface area contributed by atoms with Crippen LogP contribution in [0.25, 0.3) is 0 Å². The first-order valence-electron chi connectivity index (χ1n) is 6.73. The molecule has 6 heteroatoms. The van der Waals surface area contributed by atoms with E-state index in [2.05, 4.69) is 9.97 Å². The number of carbonyl (C=O) groups is 1. The van der Waals surface area contributed by atoms with Gasteiger partial charge in [-0.3, -0.25) is 0 Å². The van der Waals surface area contributed by atoms with E-state index < -0.39 is 11.6 Å². The molecule has 1 heterocycles. The normalized spacial score (nSPS) is 11.4. The zero-order chi connectivity index (χ0) is 15.2. The molecule has 0 aliphatic heterocycles. The van der Waals surface area contributed by atoms with E-state index in [-0.39, 0.29) is 5.88 Å². The first kappa shape index (κ1) is 16.9. The van der Waals surface area contributed by atoms with Crippen molar-refractivity contribution in [3.05, 3.63) is 23.3 Å². The summed E-state index contributed by atoms with van der Waals surface area (Å²) in [5.41, 5.74) is 0.231. The molecule has 0 aliphatic carbocycles. The van der Waals surface area contributed by atoms with Crippen molar-refractivity contribution < 1.29 is 14.3 Å². The van der Waals surface area contributed by atoms with Crippen LogP contribution in [0, 0.1) is 0 Å². The van der Waals surface area contributed by atoms with Gasteiger partial charge in [-0.1, -0.05) is 13.8 Å². The molecule has 0 saturated heterocycles. The second-order valence-electron chi connectivity index (χ2n) is 4.31. The minimum Gasteiger partial charge on any atom is -0.462 e.